The topological polar surface area (TPSA) is 125 Å². The van der Waals surface area contributed by atoms with E-state index in [0.717, 1.165) is 5.56 Å². The van der Waals surface area contributed by atoms with Crippen LogP contribution >= 0.6 is 0 Å². The van der Waals surface area contributed by atoms with Gasteiger partial charge in [-0.3, -0.25) is 10.1 Å². The number of hydrogen-bond acceptors (Lipinski definition) is 7. The fraction of sp³-hybridized carbons (Fsp3) is 0.529. The Labute approximate surface area is 146 Å². The predicted octanol–water partition coefficient (Wildman–Crippen LogP) is 2.33. The first-order valence-corrected chi connectivity index (χ1v) is 7.99. The number of ether oxygens (including phenoxy) is 1. The van der Waals surface area contributed by atoms with E-state index in [9.17, 15) is 19.7 Å². The molecule has 1 aromatic carbocycles. The van der Waals surface area contributed by atoms with Gasteiger partial charge < -0.3 is 20.6 Å². The van der Waals surface area contributed by atoms with Gasteiger partial charge in [-0.1, -0.05) is 6.07 Å². The van der Waals surface area contributed by atoms with Crippen LogP contribution in [0.3, 0.4) is 0 Å². The minimum Gasteiger partial charge on any atom is -0.458 e. The molecule has 0 heterocycles. The summed E-state index contributed by atoms with van der Waals surface area (Å²) >= 11 is 0. The van der Waals surface area contributed by atoms with E-state index in [1.165, 1.54) is 6.07 Å². The summed E-state index contributed by atoms with van der Waals surface area (Å²) in [5.74, 6) is -0.554. The van der Waals surface area contributed by atoms with Crippen LogP contribution in [0.15, 0.2) is 18.2 Å². The molecule has 138 valence electrons. The molecule has 0 bridgehead atoms. The molecule has 0 saturated heterocycles. The average molecular weight is 351 g/mol. The zero-order valence-electron chi connectivity index (χ0n) is 14.9. The van der Waals surface area contributed by atoms with Crippen LogP contribution in [0.1, 0.15) is 39.2 Å². The molecule has 0 radical (unpaired) electrons. The Morgan fingerprint density at radius 2 is 2.04 bits per heavy atom. The van der Waals surface area contributed by atoms with E-state index in [4.69, 9.17) is 10.5 Å². The van der Waals surface area contributed by atoms with Gasteiger partial charge >= 0.3 is 5.97 Å². The number of nitrogens with one attached hydrogen (secondary N) is 1. The smallest absolute Gasteiger partial charge is 0.329 e. The van der Waals surface area contributed by atoms with Crippen molar-refractivity contribution in [3.63, 3.8) is 0 Å². The first-order chi connectivity index (χ1) is 11.5. The molecule has 3 N–H and O–H groups in total. The number of benzene rings is 1. The third kappa shape index (κ3) is 6.88. The molecule has 2 atom stereocenters. The van der Waals surface area contributed by atoms with Crippen molar-refractivity contribution in [1.82, 2.24) is 0 Å². The monoisotopic (exact) mass is 351 g/mol. The quantitative estimate of drug-likeness (QED) is 0.319. The number of nitro benzene ring substituents is 1. The Kier molecular flexibility index (Phi) is 7.05. The maximum Gasteiger partial charge on any atom is 0.329 e. The summed E-state index contributed by atoms with van der Waals surface area (Å²) in [6, 6.07) is 3.02. The lowest BCUT2D eigenvalue weighted by Crippen LogP contribution is -2.38. The zero-order valence-corrected chi connectivity index (χ0v) is 14.9. The number of hydrogen-bond donors (Lipinski definition) is 2. The van der Waals surface area contributed by atoms with Crippen LogP contribution in [0, 0.1) is 17.0 Å². The van der Waals surface area contributed by atoms with Crippen molar-refractivity contribution in [1.29, 1.82) is 0 Å². The minimum absolute atomic E-state index is 0.140. The van der Waals surface area contributed by atoms with Crippen LogP contribution in [0.4, 0.5) is 11.4 Å². The van der Waals surface area contributed by atoms with Crippen molar-refractivity contribution >= 4 is 23.6 Å². The standard InChI is InChI=1S/C17H25N3O5/c1-11-5-8-15(20(23)24)14(9-11)19-13(7-6-12(18)10-21)16(22)25-17(2,3)4/h5,8-10,12-13,19H,6-7,18H2,1-4H3. The first kappa shape index (κ1) is 20.6. The van der Waals surface area contributed by atoms with Gasteiger partial charge in [-0.05, 0) is 52.2 Å². The van der Waals surface area contributed by atoms with E-state index in [2.05, 4.69) is 5.32 Å². The largest absolute Gasteiger partial charge is 0.458 e. The fourth-order valence-electron chi connectivity index (χ4n) is 2.16. The molecular weight excluding hydrogens is 326 g/mol. The molecule has 0 spiro atoms. The number of esters is 1. The molecule has 8 heteroatoms. The Hall–Kier alpha value is -2.48. The Bertz CT molecular complexity index is 640. The molecular formula is C17H25N3O5. The molecule has 0 saturated carbocycles. The molecule has 2 unspecified atom stereocenters. The summed E-state index contributed by atoms with van der Waals surface area (Å²) < 4.78 is 5.37. The average Bonchev–Trinajstić information content (AvgIpc) is 2.48. The number of anilines is 1. The number of aryl methyl sites for hydroxylation is 1. The summed E-state index contributed by atoms with van der Waals surface area (Å²) in [5, 5.41) is 14.1. The highest BCUT2D eigenvalue weighted by atomic mass is 16.6. The second kappa shape index (κ2) is 8.57. The lowest BCUT2D eigenvalue weighted by atomic mass is 10.1. The van der Waals surface area contributed by atoms with E-state index in [1.807, 2.05) is 0 Å². The second-order valence-corrected chi connectivity index (χ2v) is 6.89. The molecule has 0 amide bonds. The molecule has 0 aromatic heterocycles. The number of carbonyl (C=O) groups is 2. The van der Waals surface area contributed by atoms with Crippen LogP contribution in [0.25, 0.3) is 0 Å². The van der Waals surface area contributed by atoms with Crippen molar-refractivity contribution in [3.05, 3.63) is 33.9 Å². The van der Waals surface area contributed by atoms with Gasteiger partial charge in [-0.2, -0.15) is 0 Å². The Morgan fingerprint density at radius 1 is 1.40 bits per heavy atom. The molecule has 25 heavy (non-hydrogen) atoms. The highest BCUT2D eigenvalue weighted by Crippen LogP contribution is 2.27. The first-order valence-electron chi connectivity index (χ1n) is 7.99. The van der Waals surface area contributed by atoms with Crippen molar-refractivity contribution in [2.24, 2.45) is 5.73 Å². The van der Waals surface area contributed by atoms with Gasteiger partial charge in [-0.15, -0.1) is 0 Å². The normalized spacial score (nSPS) is 13.6. The molecule has 0 aliphatic heterocycles. The summed E-state index contributed by atoms with van der Waals surface area (Å²) in [5.41, 5.74) is 5.77. The van der Waals surface area contributed by atoms with Crippen LogP contribution in [0.5, 0.6) is 0 Å². The number of nitrogens with two attached hydrogens (primary N) is 1. The Balaban J connectivity index is 3.07. The molecule has 0 aliphatic carbocycles. The molecule has 1 rings (SSSR count). The second-order valence-electron chi connectivity index (χ2n) is 6.89. The van der Waals surface area contributed by atoms with E-state index >= 15 is 0 Å². The molecule has 0 fully saturated rings. The van der Waals surface area contributed by atoms with Crippen LogP contribution in [0.2, 0.25) is 0 Å². The van der Waals surface area contributed by atoms with Crippen LogP contribution in [-0.2, 0) is 14.3 Å². The number of aldehydes is 1. The van der Waals surface area contributed by atoms with Gasteiger partial charge in [0, 0.05) is 6.07 Å². The number of rotatable bonds is 8. The number of nitro groups is 1. The highest BCUT2D eigenvalue weighted by Gasteiger charge is 2.27. The summed E-state index contributed by atoms with van der Waals surface area (Å²) in [4.78, 5) is 33.8. The zero-order chi connectivity index (χ0) is 19.2. The third-order valence-corrected chi connectivity index (χ3v) is 3.33. The van der Waals surface area contributed by atoms with E-state index in [1.54, 1.807) is 39.8 Å². The van der Waals surface area contributed by atoms with Crippen molar-refractivity contribution in [2.75, 3.05) is 5.32 Å². The Morgan fingerprint density at radius 3 is 2.56 bits per heavy atom. The van der Waals surface area contributed by atoms with E-state index in [-0.39, 0.29) is 24.2 Å². The highest BCUT2D eigenvalue weighted by molar-refractivity contribution is 5.81. The van der Waals surface area contributed by atoms with Gasteiger partial charge in [-0.25, -0.2) is 4.79 Å². The molecule has 0 aliphatic rings. The maximum absolute atomic E-state index is 12.4. The van der Waals surface area contributed by atoms with Crippen molar-refractivity contribution in [2.45, 2.75) is 58.2 Å². The lowest BCUT2D eigenvalue weighted by Gasteiger charge is -2.25. The van der Waals surface area contributed by atoms with Crippen LogP contribution in [-0.4, -0.2) is 34.9 Å². The number of nitrogens with zero attached hydrogens (tertiary/aromatic N) is 1. The predicted molar refractivity (Wildman–Crippen MR) is 94.4 cm³/mol. The molecule has 8 nitrogen and oxygen atoms in total. The third-order valence-electron chi connectivity index (χ3n) is 3.33. The van der Waals surface area contributed by atoms with Gasteiger partial charge in [0.1, 0.15) is 23.6 Å². The van der Waals surface area contributed by atoms with E-state index in [0.29, 0.717) is 6.29 Å². The van der Waals surface area contributed by atoms with Gasteiger partial charge in [0.15, 0.2) is 0 Å². The number of carbonyl (C=O) groups excluding carboxylic acids is 2. The molecule has 1 aromatic rings. The minimum atomic E-state index is -0.856. The van der Waals surface area contributed by atoms with Gasteiger partial charge in [0.25, 0.3) is 5.69 Å². The fourth-order valence-corrected chi connectivity index (χ4v) is 2.16. The lowest BCUT2D eigenvalue weighted by molar-refractivity contribution is -0.384. The van der Waals surface area contributed by atoms with E-state index < -0.39 is 28.6 Å². The summed E-state index contributed by atoms with van der Waals surface area (Å²) in [7, 11) is 0. The van der Waals surface area contributed by atoms with Crippen molar-refractivity contribution < 1.29 is 19.2 Å². The summed E-state index contributed by atoms with van der Waals surface area (Å²) in [6.45, 7) is 6.98. The SMILES string of the molecule is Cc1ccc([N+](=O)[O-])c(NC(CCC(N)C=O)C(=O)OC(C)(C)C)c1. The summed E-state index contributed by atoms with van der Waals surface area (Å²) in [6.07, 6.45) is 1.06. The van der Waals surface area contributed by atoms with Crippen LogP contribution < -0.4 is 11.1 Å². The van der Waals surface area contributed by atoms with Gasteiger partial charge in [0.2, 0.25) is 0 Å². The maximum atomic E-state index is 12.4. The van der Waals surface area contributed by atoms with Gasteiger partial charge in [0.05, 0.1) is 11.0 Å². The van der Waals surface area contributed by atoms with Crippen molar-refractivity contribution in [3.8, 4) is 0 Å².